The number of hydrogen-bond donors (Lipinski definition) is 1. The molecule has 2 N–H and O–H groups in total. The normalized spacial score (nSPS) is 12.7. The van der Waals surface area contributed by atoms with Crippen molar-refractivity contribution in [3.8, 4) is 0 Å². The Balaban J connectivity index is 3.53. The molecule has 0 aliphatic carbocycles. The highest BCUT2D eigenvalue weighted by Gasteiger charge is 2.14. The van der Waals surface area contributed by atoms with Gasteiger partial charge in [0.2, 0.25) is 0 Å². The van der Waals surface area contributed by atoms with Gasteiger partial charge in [-0.2, -0.15) is 0 Å². The van der Waals surface area contributed by atoms with E-state index in [1.54, 1.807) is 0 Å². The fourth-order valence-electron chi connectivity index (χ4n) is 2.47. The third kappa shape index (κ3) is 11.3. The lowest BCUT2D eigenvalue weighted by atomic mass is 9.88. The fourth-order valence-corrected chi connectivity index (χ4v) is 2.47. The molecule has 0 saturated carbocycles. The Kier molecular flexibility index (Phi) is 13.0. The molecule has 0 aromatic heterocycles. The highest BCUT2D eigenvalue weighted by molar-refractivity contribution is 5.69. The summed E-state index contributed by atoms with van der Waals surface area (Å²) in [5.74, 6) is 1.09. The zero-order valence-corrected chi connectivity index (χ0v) is 13.8. The van der Waals surface area contributed by atoms with Crippen molar-refractivity contribution in [2.24, 2.45) is 17.6 Å². The molecule has 0 aliphatic heterocycles. The number of hydrogen-bond acceptors (Lipinski definition) is 3. The van der Waals surface area contributed by atoms with E-state index in [0.29, 0.717) is 31.4 Å². The maximum atomic E-state index is 11.7. The summed E-state index contributed by atoms with van der Waals surface area (Å²) in [6, 6.07) is 0. The van der Waals surface area contributed by atoms with Crippen molar-refractivity contribution in [3.63, 3.8) is 0 Å². The van der Waals surface area contributed by atoms with Crippen molar-refractivity contribution in [1.29, 1.82) is 0 Å². The molecule has 0 amide bonds. The predicted molar refractivity (Wildman–Crippen MR) is 85.6 cm³/mol. The summed E-state index contributed by atoms with van der Waals surface area (Å²) in [6.45, 7) is 7.91. The Morgan fingerprint density at radius 1 is 1.05 bits per heavy atom. The minimum absolute atomic E-state index is 0.0405. The molecule has 0 spiro atoms. The van der Waals surface area contributed by atoms with Gasteiger partial charge >= 0.3 is 5.97 Å². The van der Waals surface area contributed by atoms with Crippen LogP contribution < -0.4 is 5.73 Å². The van der Waals surface area contributed by atoms with Gasteiger partial charge in [-0.1, -0.05) is 52.9 Å². The van der Waals surface area contributed by atoms with Gasteiger partial charge in [0, 0.05) is 6.42 Å². The first-order valence-corrected chi connectivity index (χ1v) is 8.47. The Morgan fingerprint density at radius 2 is 1.70 bits per heavy atom. The molecule has 20 heavy (non-hydrogen) atoms. The summed E-state index contributed by atoms with van der Waals surface area (Å²) >= 11 is 0. The second-order valence-electron chi connectivity index (χ2n) is 6.11. The molecule has 3 heteroatoms. The molecule has 0 radical (unpaired) electrons. The van der Waals surface area contributed by atoms with Gasteiger partial charge in [0.25, 0.3) is 0 Å². The SMILES string of the molecule is CCCCCCCCOC(=O)CCC(CCN)C(C)C. The smallest absolute Gasteiger partial charge is 0.305 e. The number of ether oxygens (including phenoxy) is 1. The van der Waals surface area contributed by atoms with Crippen LogP contribution in [0.1, 0.15) is 78.6 Å². The first-order valence-electron chi connectivity index (χ1n) is 8.47. The maximum Gasteiger partial charge on any atom is 0.305 e. The monoisotopic (exact) mass is 285 g/mol. The Labute approximate surface area is 125 Å². The number of nitrogens with two attached hydrogens (primary N) is 1. The zero-order valence-electron chi connectivity index (χ0n) is 13.8. The van der Waals surface area contributed by atoms with Crippen molar-refractivity contribution in [2.45, 2.75) is 78.6 Å². The van der Waals surface area contributed by atoms with Gasteiger partial charge in [-0.3, -0.25) is 4.79 Å². The van der Waals surface area contributed by atoms with Gasteiger partial charge in [-0.05, 0) is 37.6 Å². The van der Waals surface area contributed by atoms with Crippen LogP contribution in [-0.4, -0.2) is 19.1 Å². The molecule has 0 saturated heterocycles. The quantitative estimate of drug-likeness (QED) is 0.405. The lowest BCUT2D eigenvalue weighted by Gasteiger charge is -2.19. The van der Waals surface area contributed by atoms with E-state index < -0.39 is 0 Å². The first-order chi connectivity index (χ1) is 9.61. The van der Waals surface area contributed by atoms with Crippen LogP contribution >= 0.6 is 0 Å². The van der Waals surface area contributed by atoms with Gasteiger partial charge in [0.05, 0.1) is 6.61 Å². The number of esters is 1. The summed E-state index contributed by atoms with van der Waals surface area (Å²) < 4.78 is 5.29. The van der Waals surface area contributed by atoms with Crippen molar-refractivity contribution in [1.82, 2.24) is 0 Å². The standard InChI is InChI=1S/C17H35NO2/c1-4-5-6-7-8-9-14-20-17(19)11-10-16(12-13-18)15(2)3/h15-16H,4-14,18H2,1-3H3. The van der Waals surface area contributed by atoms with E-state index in [-0.39, 0.29) is 5.97 Å². The Bertz CT molecular complexity index is 229. The number of unbranched alkanes of at least 4 members (excludes halogenated alkanes) is 5. The van der Waals surface area contributed by atoms with E-state index >= 15 is 0 Å². The Morgan fingerprint density at radius 3 is 2.30 bits per heavy atom. The van der Waals surface area contributed by atoms with Crippen LogP contribution in [0.2, 0.25) is 0 Å². The number of carbonyl (C=O) groups excluding carboxylic acids is 1. The topological polar surface area (TPSA) is 52.3 Å². The van der Waals surface area contributed by atoms with E-state index in [4.69, 9.17) is 10.5 Å². The average molecular weight is 285 g/mol. The van der Waals surface area contributed by atoms with E-state index in [0.717, 1.165) is 19.3 Å². The van der Waals surface area contributed by atoms with Gasteiger partial charge in [0.1, 0.15) is 0 Å². The summed E-state index contributed by atoms with van der Waals surface area (Å²) in [7, 11) is 0. The maximum absolute atomic E-state index is 11.7. The molecule has 0 heterocycles. The van der Waals surface area contributed by atoms with E-state index in [1.807, 2.05) is 0 Å². The van der Waals surface area contributed by atoms with Crippen LogP contribution in [0.3, 0.4) is 0 Å². The highest BCUT2D eigenvalue weighted by Crippen LogP contribution is 2.20. The molecule has 0 aromatic carbocycles. The minimum Gasteiger partial charge on any atom is -0.466 e. The van der Waals surface area contributed by atoms with Gasteiger partial charge < -0.3 is 10.5 Å². The number of rotatable bonds is 13. The third-order valence-electron chi connectivity index (χ3n) is 3.96. The zero-order chi connectivity index (χ0) is 15.2. The van der Waals surface area contributed by atoms with Crippen molar-refractivity contribution in [2.75, 3.05) is 13.2 Å². The van der Waals surface area contributed by atoms with Crippen molar-refractivity contribution in [3.05, 3.63) is 0 Å². The molecule has 120 valence electrons. The van der Waals surface area contributed by atoms with Crippen LogP contribution in [0, 0.1) is 11.8 Å². The molecule has 0 aromatic rings. The fraction of sp³-hybridized carbons (Fsp3) is 0.941. The van der Waals surface area contributed by atoms with Gasteiger partial charge in [-0.15, -0.1) is 0 Å². The minimum atomic E-state index is -0.0405. The summed E-state index contributed by atoms with van der Waals surface area (Å²) in [6.07, 6.45) is 9.79. The second kappa shape index (κ2) is 13.4. The van der Waals surface area contributed by atoms with E-state index in [2.05, 4.69) is 20.8 Å². The van der Waals surface area contributed by atoms with Crippen LogP contribution in [0.15, 0.2) is 0 Å². The average Bonchev–Trinajstić information content (AvgIpc) is 2.42. The molecule has 0 aliphatic rings. The molecule has 0 fully saturated rings. The number of carbonyl (C=O) groups is 1. The van der Waals surface area contributed by atoms with E-state index in [9.17, 15) is 4.79 Å². The lowest BCUT2D eigenvalue weighted by molar-refractivity contribution is -0.144. The molecule has 0 rings (SSSR count). The molecule has 1 unspecified atom stereocenters. The molecular weight excluding hydrogens is 250 g/mol. The van der Waals surface area contributed by atoms with Crippen LogP contribution in [-0.2, 0) is 9.53 Å². The van der Waals surface area contributed by atoms with E-state index in [1.165, 1.54) is 32.1 Å². The van der Waals surface area contributed by atoms with Crippen LogP contribution in [0.5, 0.6) is 0 Å². The van der Waals surface area contributed by atoms with Gasteiger partial charge in [0.15, 0.2) is 0 Å². The highest BCUT2D eigenvalue weighted by atomic mass is 16.5. The summed E-state index contributed by atoms with van der Waals surface area (Å²) in [5.41, 5.74) is 5.61. The predicted octanol–water partition coefficient (Wildman–Crippen LogP) is 4.29. The van der Waals surface area contributed by atoms with Crippen LogP contribution in [0.25, 0.3) is 0 Å². The lowest BCUT2D eigenvalue weighted by Crippen LogP contribution is -2.16. The Hall–Kier alpha value is -0.570. The second-order valence-corrected chi connectivity index (χ2v) is 6.11. The van der Waals surface area contributed by atoms with Crippen LogP contribution in [0.4, 0.5) is 0 Å². The van der Waals surface area contributed by atoms with Crippen molar-refractivity contribution >= 4 is 5.97 Å². The summed E-state index contributed by atoms with van der Waals surface area (Å²) in [4.78, 5) is 11.7. The molecular formula is C17H35NO2. The van der Waals surface area contributed by atoms with Gasteiger partial charge in [-0.25, -0.2) is 0 Å². The first kappa shape index (κ1) is 19.4. The third-order valence-corrected chi connectivity index (χ3v) is 3.96. The largest absolute Gasteiger partial charge is 0.466 e. The molecule has 3 nitrogen and oxygen atoms in total. The van der Waals surface area contributed by atoms with Crippen molar-refractivity contribution < 1.29 is 9.53 Å². The molecule has 0 bridgehead atoms. The summed E-state index contributed by atoms with van der Waals surface area (Å²) in [5, 5.41) is 0. The molecule has 1 atom stereocenters.